The van der Waals surface area contributed by atoms with Crippen molar-refractivity contribution >= 4 is 46.8 Å². The molecular formula is C26H22N2O5S. The molecule has 0 bridgehead atoms. The number of esters is 1. The number of rotatable bonds is 6. The molecule has 1 saturated heterocycles. The molecule has 1 N–H and O–H groups in total. The van der Waals surface area contributed by atoms with E-state index in [0.29, 0.717) is 22.5 Å². The molecule has 0 spiro atoms. The summed E-state index contributed by atoms with van der Waals surface area (Å²) in [6, 6.07) is 20.7. The van der Waals surface area contributed by atoms with Crippen molar-refractivity contribution in [3.63, 3.8) is 0 Å². The molecule has 1 aliphatic rings. The Morgan fingerprint density at radius 1 is 0.971 bits per heavy atom. The fourth-order valence-corrected chi connectivity index (χ4v) is 4.69. The van der Waals surface area contributed by atoms with Crippen LogP contribution in [0.1, 0.15) is 32.7 Å². The topological polar surface area (TPSA) is 92.8 Å². The Balaban J connectivity index is 1.41. The number of benzene rings is 3. The molecule has 3 amide bonds. The zero-order valence-electron chi connectivity index (χ0n) is 18.6. The van der Waals surface area contributed by atoms with Gasteiger partial charge < -0.3 is 10.1 Å². The summed E-state index contributed by atoms with van der Waals surface area (Å²) in [5, 5.41) is 2.32. The lowest BCUT2D eigenvalue weighted by Crippen LogP contribution is -2.31. The second kappa shape index (κ2) is 9.93. The number of carbonyl (C=O) groups excluding carboxylic acids is 4. The summed E-state index contributed by atoms with van der Waals surface area (Å²) < 4.78 is 4.67. The van der Waals surface area contributed by atoms with Gasteiger partial charge >= 0.3 is 5.97 Å². The van der Waals surface area contributed by atoms with Crippen molar-refractivity contribution < 1.29 is 23.9 Å². The smallest absolute Gasteiger partial charge is 0.337 e. The minimum absolute atomic E-state index is 0.0774. The molecule has 3 aromatic carbocycles. The molecule has 1 aliphatic heterocycles. The monoisotopic (exact) mass is 474 g/mol. The fraction of sp³-hybridized carbons (Fsp3) is 0.154. The van der Waals surface area contributed by atoms with Gasteiger partial charge in [0, 0.05) is 22.6 Å². The van der Waals surface area contributed by atoms with Crippen molar-refractivity contribution in [1.29, 1.82) is 0 Å². The molecule has 3 aromatic rings. The summed E-state index contributed by atoms with van der Waals surface area (Å²) in [6.45, 7) is 1.88. The van der Waals surface area contributed by atoms with E-state index in [1.165, 1.54) is 31.0 Å². The number of amides is 3. The van der Waals surface area contributed by atoms with Crippen LogP contribution in [0.15, 0.2) is 77.7 Å². The zero-order valence-corrected chi connectivity index (χ0v) is 19.4. The molecule has 0 aliphatic carbocycles. The average Bonchev–Trinajstić information content (AvgIpc) is 3.12. The molecule has 0 aromatic heterocycles. The minimum Gasteiger partial charge on any atom is -0.465 e. The number of anilines is 2. The number of nitrogens with one attached hydrogen (secondary N) is 1. The molecule has 8 heteroatoms. The predicted octanol–water partition coefficient (Wildman–Crippen LogP) is 4.46. The van der Waals surface area contributed by atoms with Gasteiger partial charge in [0.25, 0.3) is 5.91 Å². The van der Waals surface area contributed by atoms with Crippen molar-refractivity contribution in [1.82, 2.24) is 0 Å². The van der Waals surface area contributed by atoms with E-state index in [9.17, 15) is 19.2 Å². The van der Waals surface area contributed by atoms with Gasteiger partial charge in [-0.15, -0.1) is 11.8 Å². The van der Waals surface area contributed by atoms with Gasteiger partial charge in [0.2, 0.25) is 11.8 Å². The van der Waals surface area contributed by atoms with Gasteiger partial charge in [0.1, 0.15) is 0 Å². The highest BCUT2D eigenvalue weighted by Crippen LogP contribution is 2.34. The number of hydrogen-bond acceptors (Lipinski definition) is 6. The number of nitrogens with zero attached hydrogens (tertiary/aromatic N) is 1. The number of ether oxygens (including phenoxy) is 1. The van der Waals surface area contributed by atoms with E-state index >= 15 is 0 Å². The molecule has 34 heavy (non-hydrogen) atoms. The Kier molecular flexibility index (Phi) is 6.79. The second-order valence-corrected chi connectivity index (χ2v) is 8.99. The summed E-state index contributed by atoms with van der Waals surface area (Å²) in [6.07, 6.45) is 0.0774. The van der Waals surface area contributed by atoms with Crippen LogP contribution in [0.25, 0.3) is 0 Å². The summed E-state index contributed by atoms with van der Waals surface area (Å²) in [5.41, 5.74) is 2.89. The summed E-state index contributed by atoms with van der Waals surface area (Å²) in [5.74, 6) is -1.28. The van der Waals surface area contributed by atoms with E-state index in [4.69, 9.17) is 0 Å². The molecule has 7 nitrogen and oxygen atoms in total. The van der Waals surface area contributed by atoms with Gasteiger partial charge in [-0.2, -0.15) is 0 Å². The standard InChI is InChI=1S/C26H22N2O5S/c1-16-5-3-4-6-21(16)24(30)27-18-9-13-20(14-10-18)34-22-15-23(29)28(25(22)31)19-11-7-17(8-12-19)26(32)33-2/h3-14,22H,15H2,1-2H3,(H,27,30). The van der Waals surface area contributed by atoms with Gasteiger partial charge in [-0.05, 0) is 67.1 Å². The van der Waals surface area contributed by atoms with E-state index in [1.807, 2.05) is 37.3 Å². The van der Waals surface area contributed by atoms with Crippen molar-refractivity contribution in [3.8, 4) is 0 Å². The van der Waals surface area contributed by atoms with E-state index in [2.05, 4.69) is 10.1 Å². The predicted molar refractivity (Wildman–Crippen MR) is 130 cm³/mol. The van der Waals surface area contributed by atoms with Gasteiger partial charge in [-0.1, -0.05) is 18.2 Å². The van der Waals surface area contributed by atoms with Crippen LogP contribution >= 0.6 is 11.8 Å². The third-order valence-electron chi connectivity index (χ3n) is 5.43. The Morgan fingerprint density at radius 2 is 1.65 bits per heavy atom. The highest BCUT2D eigenvalue weighted by molar-refractivity contribution is 8.00. The van der Waals surface area contributed by atoms with Gasteiger partial charge in [0.15, 0.2) is 0 Å². The van der Waals surface area contributed by atoms with E-state index < -0.39 is 11.2 Å². The van der Waals surface area contributed by atoms with E-state index in [1.54, 1.807) is 30.3 Å². The highest BCUT2D eigenvalue weighted by Gasteiger charge is 2.40. The Morgan fingerprint density at radius 3 is 2.29 bits per heavy atom. The molecule has 1 unspecified atom stereocenters. The first-order valence-electron chi connectivity index (χ1n) is 10.6. The van der Waals surface area contributed by atoms with Gasteiger partial charge in [0.05, 0.1) is 23.6 Å². The Bertz CT molecular complexity index is 1250. The lowest BCUT2D eigenvalue weighted by Gasteiger charge is -2.15. The largest absolute Gasteiger partial charge is 0.465 e. The van der Waals surface area contributed by atoms with Crippen LogP contribution in [0.2, 0.25) is 0 Å². The van der Waals surface area contributed by atoms with Crippen LogP contribution in [-0.4, -0.2) is 36.1 Å². The molecule has 0 saturated carbocycles. The fourth-order valence-electron chi connectivity index (χ4n) is 3.64. The number of imide groups is 1. The molecule has 4 rings (SSSR count). The van der Waals surface area contributed by atoms with Crippen molar-refractivity contribution in [2.75, 3.05) is 17.3 Å². The summed E-state index contributed by atoms with van der Waals surface area (Å²) >= 11 is 1.30. The first-order chi connectivity index (χ1) is 16.4. The highest BCUT2D eigenvalue weighted by atomic mass is 32.2. The lowest BCUT2D eigenvalue weighted by molar-refractivity contribution is -0.121. The van der Waals surface area contributed by atoms with Crippen molar-refractivity contribution in [2.24, 2.45) is 0 Å². The molecule has 172 valence electrons. The second-order valence-electron chi connectivity index (χ2n) is 7.71. The van der Waals surface area contributed by atoms with Crippen LogP contribution in [0.5, 0.6) is 0 Å². The van der Waals surface area contributed by atoms with Crippen molar-refractivity contribution in [3.05, 3.63) is 89.5 Å². The third kappa shape index (κ3) is 4.87. The molecule has 1 fully saturated rings. The average molecular weight is 475 g/mol. The maximum Gasteiger partial charge on any atom is 0.337 e. The molecule has 1 atom stereocenters. The number of thioether (sulfide) groups is 1. The minimum atomic E-state index is -0.555. The van der Waals surface area contributed by atoms with Crippen molar-refractivity contribution in [2.45, 2.75) is 23.5 Å². The van der Waals surface area contributed by atoms with Crippen LogP contribution in [0.3, 0.4) is 0 Å². The van der Waals surface area contributed by atoms with Crippen LogP contribution in [0.4, 0.5) is 11.4 Å². The van der Waals surface area contributed by atoms with Crippen LogP contribution in [0, 0.1) is 6.92 Å². The lowest BCUT2D eigenvalue weighted by atomic mass is 10.1. The first kappa shape index (κ1) is 23.3. The first-order valence-corrected chi connectivity index (χ1v) is 11.4. The number of carbonyl (C=O) groups is 4. The molecular weight excluding hydrogens is 452 g/mol. The normalized spacial score (nSPS) is 15.4. The van der Waals surface area contributed by atoms with Crippen LogP contribution in [-0.2, 0) is 14.3 Å². The zero-order chi connectivity index (χ0) is 24.2. The number of hydrogen-bond donors (Lipinski definition) is 1. The summed E-state index contributed by atoms with van der Waals surface area (Å²) in [4.78, 5) is 51.5. The SMILES string of the molecule is COC(=O)c1ccc(N2C(=O)CC(Sc3ccc(NC(=O)c4ccccc4C)cc3)C2=O)cc1. The third-order valence-corrected chi connectivity index (χ3v) is 6.63. The van der Waals surface area contributed by atoms with E-state index in [-0.39, 0.29) is 24.1 Å². The van der Waals surface area contributed by atoms with Crippen LogP contribution < -0.4 is 10.2 Å². The Labute approximate surface area is 201 Å². The quantitative estimate of drug-likeness (QED) is 0.419. The maximum absolute atomic E-state index is 12.9. The maximum atomic E-state index is 12.9. The van der Waals surface area contributed by atoms with Gasteiger partial charge in [-0.25, -0.2) is 9.69 Å². The Hall–Kier alpha value is -3.91. The number of methoxy groups -OCH3 is 1. The molecule has 1 heterocycles. The number of aryl methyl sites for hydroxylation is 1. The molecule has 0 radical (unpaired) electrons. The van der Waals surface area contributed by atoms with E-state index in [0.717, 1.165) is 15.4 Å². The van der Waals surface area contributed by atoms with Gasteiger partial charge in [-0.3, -0.25) is 14.4 Å². The summed E-state index contributed by atoms with van der Waals surface area (Å²) in [7, 11) is 1.29.